The van der Waals surface area contributed by atoms with Crippen LogP contribution in [0.25, 0.3) is 6.08 Å². The number of nitrogens with one attached hydrogen (secondary N) is 1. The summed E-state index contributed by atoms with van der Waals surface area (Å²) >= 11 is 3.34. The molecule has 14 heavy (non-hydrogen) atoms. The van der Waals surface area contributed by atoms with Crippen LogP contribution in [0.2, 0.25) is 0 Å². The highest BCUT2D eigenvalue weighted by molar-refractivity contribution is 9.10. The molecule has 0 bridgehead atoms. The molecule has 1 rings (SSSR count). The molecule has 3 nitrogen and oxygen atoms in total. The Balaban J connectivity index is 2.75. The molecule has 0 aliphatic heterocycles. The summed E-state index contributed by atoms with van der Waals surface area (Å²) in [6, 6.07) is 7.49. The van der Waals surface area contributed by atoms with Gasteiger partial charge in [-0.3, -0.25) is 10.1 Å². The van der Waals surface area contributed by atoms with E-state index in [9.17, 15) is 4.79 Å². The summed E-state index contributed by atoms with van der Waals surface area (Å²) in [5, 5.41) is 10.2. The Morgan fingerprint density at radius 3 is 2.86 bits per heavy atom. The molecule has 0 aromatic heterocycles. The second-order valence-corrected chi connectivity index (χ2v) is 3.31. The molecule has 1 aromatic rings. The number of rotatable bonds is 2. The number of halogens is 1. The monoisotopic (exact) mass is 250 g/mol. The van der Waals surface area contributed by atoms with Gasteiger partial charge in [-0.15, -0.1) is 0 Å². The van der Waals surface area contributed by atoms with Crippen molar-refractivity contribution in [1.82, 2.24) is 5.32 Å². The molecule has 0 saturated heterocycles. The predicted molar refractivity (Wildman–Crippen MR) is 56.9 cm³/mol. The standard InChI is InChI=1S/C10H7BrN2O/c11-9-4-2-1-3-8(9)5-6-10(14)13-7-12/h1-6H,(H,13,14). The molecule has 0 fully saturated rings. The van der Waals surface area contributed by atoms with Gasteiger partial charge in [0.15, 0.2) is 6.19 Å². The topological polar surface area (TPSA) is 52.9 Å². The first-order valence-electron chi connectivity index (χ1n) is 3.85. The number of amides is 1. The molecule has 0 radical (unpaired) electrons. The fourth-order valence-corrected chi connectivity index (χ4v) is 1.29. The molecule has 0 unspecified atom stereocenters. The van der Waals surface area contributed by atoms with Crippen LogP contribution in [0.4, 0.5) is 0 Å². The molecule has 0 saturated carbocycles. The SMILES string of the molecule is N#CNC(=O)C=Cc1ccccc1Br. The van der Waals surface area contributed by atoms with Crippen LogP contribution in [0.5, 0.6) is 0 Å². The molecule has 4 heteroatoms. The normalized spacial score (nSPS) is 9.71. The molecule has 1 N–H and O–H groups in total. The van der Waals surface area contributed by atoms with Crippen molar-refractivity contribution in [1.29, 1.82) is 5.26 Å². The zero-order valence-corrected chi connectivity index (χ0v) is 8.78. The van der Waals surface area contributed by atoms with Gasteiger partial charge in [-0.05, 0) is 17.7 Å². The zero-order valence-electron chi connectivity index (χ0n) is 7.20. The van der Waals surface area contributed by atoms with Crippen molar-refractivity contribution in [2.24, 2.45) is 0 Å². The Labute approximate surface area is 90.2 Å². The second kappa shape index (κ2) is 5.20. The fourth-order valence-electron chi connectivity index (χ4n) is 0.872. The Morgan fingerprint density at radius 1 is 1.50 bits per heavy atom. The quantitative estimate of drug-likeness (QED) is 0.497. The molecule has 1 amide bonds. The largest absolute Gasteiger partial charge is 0.269 e. The van der Waals surface area contributed by atoms with Crippen LogP contribution in [-0.2, 0) is 4.79 Å². The van der Waals surface area contributed by atoms with E-state index in [0.29, 0.717) is 0 Å². The van der Waals surface area contributed by atoms with Crippen LogP contribution in [0.3, 0.4) is 0 Å². The van der Waals surface area contributed by atoms with Crippen molar-refractivity contribution in [2.45, 2.75) is 0 Å². The van der Waals surface area contributed by atoms with E-state index in [-0.39, 0.29) is 0 Å². The first kappa shape index (κ1) is 10.5. The molecule has 0 heterocycles. The lowest BCUT2D eigenvalue weighted by atomic mass is 10.2. The van der Waals surface area contributed by atoms with Crippen LogP contribution in [0, 0.1) is 11.5 Å². The maximum atomic E-state index is 10.9. The van der Waals surface area contributed by atoms with Gasteiger partial charge < -0.3 is 0 Å². The Kier molecular flexibility index (Phi) is 3.89. The molecule has 0 atom stereocenters. The summed E-state index contributed by atoms with van der Waals surface area (Å²) in [5.74, 6) is -0.428. The van der Waals surface area contributed by atoms with Crippen molar-refractivity contribution in [3.63, 3.8) is 0 Å². The van der Waals surface area contributed by atoms with E-state index in [1.807, 2.05) is 29.6 Å². The molecule has 0 aliphatic rings. The zero-order chi connectivity index (χ0) is 10.4. The van der Waals surface area contributed by atoms with Gasteiger partial charge in [0.25, 0.3) is 5.91 Å². The van der Waals surface area contributed by atoms with Crippen molar-refractivity contribution in [3.05, 3.63) is 40.4 Å². The summed E-state index contributed by atoms with van der Waals surface area (Å²) in [7, 11) is 0. The van der Waals surface area contributed by atoms with E-state index in [2.05, 4.69) is 15.9 Å². The predicted octanol–water partition coefficient (Wildman–Crippen LogP) is 2.06. The molecule has 70 valence electrons. The van der Waals surface area contributed by atoms with Crippen LogP contribution < -0.4 is 5.32 Å². The summed E-state index contributed by atoms with van der Waals surface area (Å²) in [4.78, 5) is 10.9. The van der Waals surface area contributed by atoms with Gasteiger partial charge in [-0.2, -0.15) is 5.26 Å². The van der Waals surface area contributed by atoms with Gasteiger partial charge in [-0.25, -0.2) is 0 Å². The van der Waals surface area contributed by atoms with Crippen molar-refractivity contribution in [2.75, 3.05) is 0 Å². The minimum absolute atomic E-state index is 0.428. The average Bonchev–Trinajstić information content (AvgIpc) is 2.17. The highest BCUT2D eigenvalue weighted by Gasteiger charge is 1.95. The van der Waals surface area contributed by atoms with E-state index in [1.165, 1.54) is 6.08 Å². The van der Waals surface area contributed by atoms with Crippen LogP contribution in [-0.4, -0.2) is 5.91 Å². The average molecular weight is 251 g/mol. The Morgan fingerprint density at radius 2 is 2.21 bits per heavy atom. The number of nitriles is 1. The number of carbonyl (C=O) groups is 1. The second-order valence-electron chi connectivity index (χ2n) is 2.46. The summed E-state index contributed by atoms with van der Waals surface area (Å²) in [6.45, 7) is 0. The third-order valence-electron chi connectivity index (χ3n) is 1.50. The van der Waals surface area contributed by atoms with Crippen molar-refractivity contribution >= 4 is 27.9 Å². The molecular weight excluding hydrogens is 244 g/mol. The van der Waals surface area contributed by atoms with E-state index in [4.69, 9.17) is 5.26 Å². The smallest absolute Gasteiger partial charge is 0.256 e. The fraction of sp³-hybridized carbons (Fsp3) is 0. The maximum absolute atomic E-state index is 10.9. The highest BCUT2D eigenvalue weighted by atomic mass is 79.9. The van der Waals surface area contributed by atoms with E-state index in [1.54, 1.807) is 12.3 Å². The first-order chi connectivity index (χ1) is 6.74. The minimum atomic E-state index is -0.428. The summed E-state index contributed by atoms with van der Waals surface area (Å²) in [6.07, 6.45) is 4.50. The summed E-state index contributed by atoms with van der Waals surface area (Å²) < 4.78 is 0.904. The minimum Gasteiger partial charge on any atom is -0.269 e. The molecule has 0 aliphatic carbocycles. The summed E-state index contributed by atoms with van der Waals surface area (Å²) in [5.41, 5.74) is 0.889. The van der Waals surface area contributed by atoms with Gasteiger partial charge in [0, 0.05) is 10.5 Å². The first-order valence-corrected chi connectivity index (χ1v) is 4.65. The molecular formula is C10H7BrN2O. The number of benzene rings is 1. The van der Waals surface area contributed by atoms with Gasteiger partial charge in [0.2, 0.25) is 0 Å². The van der Waals surface area contributed by atoms with Gasteiger partial charge >= 0.3 is 0 Å². The van der Waals surface area contributed by atoms with E-state index >= 15 is 0 Å². The van der Waals surface area contributed by atoms with Crippen molar-refractivity contribution in [3.8, 4) is 6.19 Å². The van der Waals surface area contributed by atoms with E-state index in [0.717, 1.165) is 10.0 Å². The number of nitrogens with zero attached hydrogens (tertiary/aromatic N) is 1. The van der Waals surface area contributed by atoms with Gasteiger partial charge in [-0.1, -0.05) is 34.1 Å². The molecule has 1 aromatic carbocycles. The lowest BCUT2D eigenvalue weighted by molar-refractivity contribution is -0.115. The van der Waals surface area contributed by atoms with Gasteiger partial charge in [0.05, 0.1) is 0 Å². The highest BCUT2D eigenvalue weighted by Crippen LogP contribution is 2.16. The number of hydrogen-bond acceptors (Lipinski definition) is 2. The van der Waals surface area contributed by atoms with Crippen LogP contribution in [0.15, 0.2) is 34.8 Å². The third kappa shape index (κ3) is 3.04. The van der Waals surface area contributed by atoms with Gasteiger partial charge in [0.1, 0.15) is 0 Å². The van der Waals surface area contributed by atoms with Crippen LogP contribution in [0.1, 0.15) is 5.56 Å². The lowest BCUT2D eigenvalue weighted by Gasteiger charge is -1.95. The number of hydrogen-bond donors (Lipinski definition) is 1. The lowest BCUT2D eigenvalue weighted by Crippen LogP contribution is -2.13. The third-order valence-corrected chi connectivity index (χ3v) is 2.22. The molecule has 0 spiro atoms. The van der Waals surface area contributed by atoms with E-state index < -0.39 is 5.91 Å². The van der Waals surface area contributed by atoms with Crippen molar-refractivity contribution < 1.29 is 4.79 Å². The van der Waals surface area contributed by atoms with Crippen LogP contribution >= 0.6 is 15.9 Å². The number of carbonyl (C=O) groups excluding carboxylic acids is 1. The Bertz CT molecular complexity index is 407. The Hall–Kier alpha value is -1.60. The maximum Gasteiger partial charge on any atom is 0.256 e.